The van der Waals surface area contributed by atoms with Crippen molar-refractivity contribution < 1.29 is 9.84 Å². The molecular formula is C11H18O2. The van der Waals surface area contributed by atoms with E-state index in [4.69, 9.17) is 4.74 Å². The fraction of sp³-hybridized carbons (Fsp3) is 0.818. The molecule has 13 heavy (non-hydrogen) atoms. The lowest BCUT2D eigenvalue weighted by molar-refractivity contribution is 0.133. The molecular weight excluding hydrogens is 164 g/mol. The molecule has 1 N–H and O–H groups in total. The molecule has 2 nitrogen and oxygen atoms in total. The predicted octanol–water partition coefficient (Wildman–Crippen LogP) is 2.09. The number of hydrogen-bond acceptors (Lipinski definition) is 2. The number of methoxy groups -OCH3 is 1. The Morgan fingerprint density at radius 2 is 2.00 bits per heavy atom. The summed E-state index contributed by atoms with van der Waals surface area (Å²) in [5, 5.41) is 9.33. The molecule has 0 saturated heterocycles. The Hall–Kier alpha value is -0.500. The SMILES string of the molecule is COC=CC12CCC(CO)(CC1)C2. The average molecular weight is 182 g/mol. The van der Waals surface area contributed by atoms with E-state index in [9.17, 15) is 5.11 Å². The Morgan fingerprint density at radius 3 is 2.46 bits per heavy atom. The highest BCUT2D eigenvalue weighted by atomic mass is 16.5. The van der Waals surface area contributed by atoms with Crippen LogP contribution in [0.4, 0.5) is 0 Å². The number of hydrogen-bond donors (Lipinski definition) is 1. The molecule has 2 rings (SSSR count). The van der Waals surface area contributed by atoms with E-state index in [0.29, 0.717) is 12.0 Å². The van der Waals surface area contributed by atoms with Crippen molar-refractivity contribution in [3.8, 4) is 0 Å². The minimum absolute atomic E-state index is 0.262. The fourth-order valence-corrected chi connectivity index (χ4v) is 3.03. The van der Waals surface area contributed by atoms with Crippen LogP contribution in [0.15, 0.2) is 12.3 Å². The summed E-state index contributed by atoms with van der Waals surface area (Å²) in [6.07, 6.45) is 10.0. The van der Waals surface area contributed by atoms with E-state index in [-0.39, 0.29) is 5.41 Å². The van der Waals surface area contributed by atoms with Gasteiger partial charge in [0.25, 0.3) is 0 Å². The zero-order chi connectivity index (χ0) is 9.36. The van der Waals surface area contributed by atoms with E-state index in [1.54, 1.807) is 13.4 Å². The molecule has 2 saturated carbocycles. The lowest BCUT2D eigenvalue weighted by Gasteiger charge is -2.24. The molecule has 2 bridgehead atoms. The summed E-state index contributed by atoms with van der Waals surface area (Å²) in [6.45, 7) is 0.371. The van der Waals surface area contributed by atoms with Gasteiger partial charge in [0, 0.05) is 6.61 Å². The molecule has 0 spiro atoms. The lowest BCUT2D eigenvalue weighted by atomic mass is 9.82. The van der Waals surface area contributed by atoms with Crippen molar-refractivity contribution in [3.05, 3.63) is 12.3 Å². The Morgan fingerprint density at radius 1 is 1.31 bits per heavy atom. The number of allylic oxidation sites excluding steroid dienone is 1. The molecule has 0 radical (unpaired) electrons. The summed E-state index contributed by atoms with van der Waals surface area (Å²) in [7, 11) is 1.69. The molecule has 2 heteroatoms. The monoisotopic (exact) mass is 182 g/mol. The summed E-state index contributed by atoms with van der Waals surface area (Å²) in [4.78, 5) is 0. The van der Waals surface area contributed by atoms with Gasteiger partial charge in [-0.2, -0.15) is 0 Å². The van der Waals surface area contributed by atoms with E-state index < -0.39 is 0 Å². The van der Waals surface area contributed by atoms with Gasteiger partial charge in [-0.3, -0.25) is 0 Å². The molecule has 0 heterocycles. The van der Waals surface area contributed by atoms with Crippen LogP contribution in [0.25, 0.3) is 0 Å². The van der Waals surface area contributed by atoms with Crippen LogP contribution in [0.2, 0.25) is 0 Å². The molecule has 0 aliphatic heterocycles. The van der Waals surface area contributed by atoms with Gasteiger partial charge >= 0.3 is 0 Å². The highest BCUT2D eigenvalue weighted by Crippen LogP contribution is 2.61. The Bertz CT molecular complexity index is 212. The van der Waals surface area contributed by atoms with Gasteiger partial charge in [-0.1, -0.05) is 0 Å². The standard InChI is InChI=1S/C11H18O2/c1-13-7-6-10-2-4-11(8-10,9-12)5-3-10/h6-7,12H,2-5,8-9H2,1H3. The summed E-state index contributed by atoms with van der Waals surface area (Å²) < 4.78 is 4.97. The number of ether oxygens (including phenoxy) is 1. The molecule has 2 aliphatic rings. The molecule has 0 unspecified atom stereocenters. The van der Waals surface area contributed by atoms with E-state index in [0.717, 1.165) is 6.42 Å². The first-order valence-electron chi connectivity index (χ1n) is 5.06. The van der Waals surface area contributed by atoms with Gasteiger partial charge in [-0.05, 0) is 49.0 Å². The minimum Gasteiger partial charge on any atom is -0.505 e. The maximum absolute atomic E-state index is 9.33. The fourth-order valence-electron chi connectivity index (χ4n) is 3.03. The van der Waals surface area contributed by atoms with Crippen molar-refractivity contribution in [2.45, 2.75) is 32.1 Å². The van der Waals surface area contributed by atoms with E-state index >= 15 is 0 Å². The Labute approximate surface area is 79.6 Å². The highest BCUT2D eigenvalue weighted by molar-refractivity contribution is 5.12. The first-order valence-corrected chi connectivity index (χ1v) is 5.06. The molecule has 0 aromatic rings. The maximum Gasteiger partial charge on any atom is 0.0790 e. The van der Waals surface area contributed by atoms with Gasteiger partial charge in [0.05, 0.1) is 13.4 Å². The van der Waals surface area contributed by atoms with E-state index in [1.165, 1.54) is 25.7 Å². The van der Waals surface area contributed by atoms with Crippen molar-refractivity contribution in [3.63, 3.8) is 0 Å². The van der Waals surface area contributed by atoms with E-state index in [1.807, 2.05) is 0 Å². The molecule has 2 aliphatic carbocycles. The minimum atomic E-state index is 0.262. The summed E-state index contributed by atoms with van der Waals surface area (Å²) in [6, 6.07) is 0. The normalized spacial score (nSPS) is 43.2. The van der Waals surface area contributed by atoms with Crippen LogP contribution in [-0.2, 0) is 4.74 Å². The topological polar surface area (TPSA) is 29.5 Å². The summed E-state index contributed by atoms with van der Waals surface area (Å²) in [5.41, 5.74) is 0.622. The van der Waals surface area contributed by atoms with Crippen molar-refractivity contribution in [2.24, 2.45) is 10.8 Å². The van der Waals surface area contributed by atoms with Crippen LogP contribution >= 0.6 is 0 Å². The van der Waals surface area contributed by atoms with E-state index in [2.05, 4.69) is 6.08 Å². The second kappa shape index (κ2) is 3.02. The van der Waals surface area contributed by atoms with Crippen LogP contribution in [-0.4, -0.2) is 18.8 Å². The van der Waals surface area contributed by atoms with Crippen LogP contribution < -0.4 is 0 Å². The number of rotatable bonds is 3. The summed E-state index contributed by atoms with van der Waals surface area (Å²) in [5.74, 6) is 0. The molecule has 0 aromatic heterocycles. The second-order valence-electron chi connectivity index (χ2n) is 4.74. The molecule has 0 atom stereocenters. The summed E-state index contributed by atoms with van der Waals surface area (Å²) >= 11 is 0. The van der Waals surface area contributed by atoms with Gasteiger partial charge in [0.1, 0.15) is 0 Å². The Kier molecular flexibility index (Phi) is 2.11. The first-order chi connectivity index (χ1) is 6.24. The van der Waals surface area contributed by atoms with Gasteiger partial charge < -0.3 is 9.84 Å². The molecule has 74 valence electrons. The second-order valence-corrected chi connectivity index (χ2v) is 4.74. The van der Waals surface area contributed by atoms with Crippen molar-refractivity contribution in [1.82, 2.24) is 0 Å². The van der Waals surface area contributed by atoms with Gasteiger partial charge in [-0.15, -0.1) is 0 Å². The third-order valence-corrected chi connectivity index (χ3v) is 3.93. The largest absolute Gasteiger partial charge is 0.505 e. The van der Waals surface area contributed by atoms with Gasteiger partial charge in [0.15, 0.2) is 0 Å². The smallest absolute Gasteiger partial charge is 0.0790 e. The molecule has 0 amide bonds. The van der Waals surface area contributed by atoms with Gasteiger partial charge in [0.2, 0.25) is 0 Å². The third-order valence-electron chi connectivity index (χ3n) is 3.93. The average Bonchev–Trinajstić information content (AvgIpc) is 2.72. The predicted molar refractivity (Wildman–Crippen MR) is 51.2 cm³/mol. The number of fused-ring (bicyclic) bond motifs is 2. The maximum atomic E-state index is 9.33. The van der Waals surface area contributed by atoms with Crippen LogP contribution in [0.3, 0.4) is 0 Å². The number of aliphatic hydroxyl groups excluding tert-OH is 1. The zero-order valence-corrected chi connectivity index (χ0v) is 8.25. The van der Waals surface area contributed by atoms with Gasteiger partial charge in [-0.25, -0.2) is 0 Å². The van der Waals surface area contributed by atoms with Crippen LogP contribution in [0.1, 0.15) is 32.1 Å². The Balaban J connectivity index is 2.09. The zero-order valence-electron chi connectivity index (χ0n) is 8.25. The lowest BCUT2D eigenvalue weighted by Crippen LogP contribution is -2.18. The van der Waals surface area contributed by atoms with Crippen molar-refractivity contribution >= 4 is 0 Å². The van der Waals surface area contributed by atoms with Crippen LogP contribution in [0, 0.1) is 10.8 Å². The van der Waals surface area contributed by atoms with Crippen molar-refractivity contribution in [1.29, 1.82) is 0 Å². The van der Waals surface area contributed by atoms with Crippen LogP contribution in [0.5, 0.6) is 0 Å². The van der Waals surface area contributed by atoms with Crippen molar-refractivity contribution in [2.75, 3.05) is 13.7 Å². The first kappa shape index (κ1) is 9.07. The molecule has 0 aromatic carbocycles. The molecule has 2 fully saturated rings. The quantitative estimate of drug-likeness (QED) is 0.677. The highest BCUT2D eigenvalue weighted by Gasteiger charge is 2.52. The third kappa shape index (κ3) is 1.37. The number of aliphatic hydroxyl groups is 1.